The summed E-state index contributed by atoms with van der Waals surface area (Å²) in [6.07, 6.45) is 0. The first-order valence-electron chi connectivity index (χ1n) is 35.7. The molecule has 29 heteroatoms. The van der Waals surface area contributed by atoms with Crippen molar-refractivity contribution in [1.29, 1.82) is 0 Å². The molecule has 1 radical (unpaired) electrons. The van der Waals surface area contributed by atoms with E-state index in [0.717, 1.165) is 115 Å². The third-order valence-corrected chi connectivity index (χ3v) is 38.8. The molecule has 10 aromatic rings. The van der Waals surface area contributed by atoms with Crippen LogP contribution in [0.1, 0.15) is 44.5 Å². The summed E-state index contributed by atoms with van der Waals surface area (Å²) < 4.78 is 6.04. The Morgan fingerprint density at radius 2 is 0.471 bits per heavy atom. The fourth-order valence-corrected chi connectivity index (χ4v) is 23.6. The second kappa shape index (κ2) is 35.6. The maximum absolute atomic E-state index is 13.9. The van der Waals surface area contributed by atoms with Crippen LogP contribution in [0.4, 0.5) is 0 Å². The van der Waals surface area contributed by atoms with E-state index >= 15 is 0 Å². The molecule has 10 heterocycles. The number of aliphatic imine (C=N–C) groups is 4. The summed E-state index contributed by atoms with van der Waals surface area (Å²) in [5.74, 6) is -2.20. The maximum Gasteiger partial charge on any atom is 0.328 e. The predicted molar refractivity (Wildman–Crippen MR) is 534 cm³/mol. The Labute approximate surface area is 826 Å². The molecule has 593 valence electrons. The number of alkyl halides is 2. The zero-order valence-corrected chi connectivity index (χ0v) is 86.5. The summed E-state index contributed by atoms with van der Waals surface area (Å²) in [7, 11) is 0. The van der Waals surface area contributed by atoms with E-state index in [1.807, 2.05) is 218 Å². The number of hydrogen-bond donors (Lipinski definition) is 6. The number of hydrogen-bond acceptors (Lipinski definition) is 8. The van der Waals surface area contributed by atoms with Gasteiger partial charge in [0.25, 0.3) is 0 Å². The maximum atomic E-state index is 13.9. The zero-order valence-electron chi connectivity index (χ0n) is 60.1. The van der Waals surface area contributed by atoms with Crippen molar-refractivity contribution >= 4 is 334 Å². The smallest absolute Gasteiger partial charge is 0.328 e. The van der Waals surface area contributed by atoms with E-state index in [2.05, 4.69) is 300 Å². The van der Waals surface area contributed by atoms with Crippen molar-refractivity contribution in [3.63, 3.8) is 0 Å². The molecule has 0 saturated heterocycles. The van der Waals surface area contributed by atoms with Gasteiger partial charge in [0, 0.05) is 70.3 Å². The van der Waals surface area contributed by atoms with Crippen LogP contribution in [0.3, 0.4) is 0 Å². The van der Waals surface area contributed by atoms with Gasteiger partial charge < -0.3 is 30.8 Å². The van der Waals surface area contributed by atoms with Gasteiger partial charge in [0.05, 0.1) is 144 Å². The van der Waals surface area contributed by atoms with Crippen LogP contribution in [-0.4, -0.2) is 75.7 Å². The predicted octanol–water partition coefficient (Wildman–Crippen LogP) is 25.0. The molecular formula is C90H48Br16CoN8O4. The van der Waals surface area contributed by atoms with Crippen LogP contribution >= 0.6 is 255 Å². The van der Waals surface area contributed by atoms with Crippen molar-refractivity contribution in [2.24, 2.45) is 20.0 Å². The molecule has 0 aliphatic carbocycles. The number of benzene rings is 8. The number of allylic oxidation sites excluding steroid dienone is 10. The standard InChI is InChI=1S/2C45H24Br8N4O2.Co/c2*46-29-30(47)36-26(22-15-7-2-8-16-22)38-33(50)34(51)40(56-38)28(24-19-11-4-12-20-24)43-45(53,44(58)59)42(52)41(57-43)27(23-17-9-3-10-18-23)39-32(49)31(48)37(55-39)25(35(29)54-36)21-13-5-1-6-14-21;/h2*1-20,43,54,57H,(H,58,59);/b2*35-25-,36-26-,39-27-,40-28-;. The summed E-state index contributed by atoms with van der Waals surface area (Å²) in [6, 6.07) is 77.7. The fourth-order valence-electron chi connectivity index (χ4n) is 15.3. The number of halogens is 16. The minimum Gasteiger partial charge on any atom is -0.480 e. The van der Waals surface area contributed by atoms with Crippen LogP contribution in [-0.2, 0) is 26.4 Å². The summed E-state index contributed by atoms with van der Waals surface area (Å²) in [6.45, 7) is 0. The average molecular weight is 2640 g/mol. The normalized spacial score (nSPS) is 24.6. The van der Waals surface area contributed by atoms with Gasteiger partial charge in [-0.3, -0.25) is 9.59 Å². The summed E-state index contributed by atoms with van der Waals surface area (Å²) in [4.78, 5) is 57.3. The number of aliphatic carboxylic acids is 2. The molecule has 8 aliphatic heterocycles. The third-order valence-electron chi connectivity index (χ3n) is 20.7. The van der Waals surface area contributed by atoms with Gasteiger partial charge in [0.2, 0.25) is 0 Å². The number of carboxylic acids is 2. The Hall–Kier alpha value is -5.39. The third kappa shape index (κ3) is 15.0. The van der Waals surface area contributed by atoms with Gasteiger partial charge in [-0.05, 0) is 236 Å². The van der Waals surface area contributed by atoms with Crippen molar-refractivity contribution in [2.75, 3.05) is 0 Å². The molecule has 18 rings (SSSR count). The van der Waals surface area contributed by atoms with Crippen LogP contribution < -0.4 is 32.0 Å². The molecule has 0 amide bonds. The number of nitrogens with one attached hydrogen (secondary N) is 4. The van der Waals surface area contributed by atoms with E-state index in [1.165, 1.54) is 0 Å². The quantitative estimate of drug-likeness (QED) is 0.0742. The number of carbonyl (C=O) groups is 2. The topological polar surface area (TPSA) is 180 Å². The second-order valence-corrected chi connectivity index (χ2v) is 40.9. The minimum absolute atomic E-state index is 0. The summed E-state index contributed by atoms with van der Waals surface area (Å²) in [5, 5.41) is 33.3. The van der Waals surface area contributed by atoms with Crippen molar-refractivity contribution in [3.05, 3.63) is 405 Å². The van der Waals surface area contributed by atoms with Crippen LogP contribution in [0.5, 0.6) is 0 Å². The first-order chi connectivity index (χ1) is 56.9. The number of aromatic nitrogens is 2. The molecule has 4 atom stereocenters. The van der Waals surface area contributed by atoms with Crippen molar-refractivity contribution in [3.8, 4) is 0 Å². The summed E-state index contributed by atoms with van der Waals surface area (Å²) >= 11 is 63.0. The Morgan fingerprint density at radius 1 is 0.277 bits per heavy atom. The molecule has 0 fully saturated rings. The monoisotopic (exact) mass is 2630 g/mol. The SMILES string of the molecule is O=C(O)C1(Br)C(Br)=C2NC1/C(c1ccccc1)=C1N=C(C(Br)=C\1Br)/C(c1ccccc1)=c1\[nH]/c(c(Br)c1Br)=C(/c1ccccc1)C1=N/C(=C\2c2ccccc2)C(Br)=C1Br.O=C(O)C1(Br)C(Br)=C2NC1/C(c1ccccc1)=C1N=C(C(Br)=C\1Br)/C(c1ccccc1)=c1\[nH]/c(c(Br)c1Br)=C(/c1ccccc1)C1=N/C(=C\2c2ccccc2)C(Br)=C1Br.[Co]. The van der Waals surface area contributed by atoms with Gasteiger partial charge in [-0.2, -0.15) is 0 Å². The van der Waals surface area contributed by atoms with E-state index in [9.17, 15) is 19.8 Å². The number of rotatable bonds is 10. The average Bonchev–Trinajstić information content (AvgIpc) is 1.56. The van der Waals surface area contributed by atoms with Gasteiger partial charge in [0.15, 0.2) is 8.65 Å². The van der Waals surface area contributed by atoms with E-state index in [-0.39, 0.29) is 16.8 Å². The number of carboxylic acid groups (broad SMARTS) is 2. The van der Waals surface area contributed by atoms with E-state index in [1.54, 1.807) is 0 Å². The van der Waals surface area contributed by atoms with Crippen molar-refractivity contribution in [1.82, 2.24) is 20.6 Å². The molecule has 16 bridgehead atoms. The van der Waals surface area contributed by atoms with Gasteiger partial charge >= 0.3 is 11.9 Å². The molecule has 8 aliphatic rings. The molecule has 12 nitrogen and oxygen atoms in total. The molecule has 2 aromatic heterocycles. The van der Waals surface area contributed by atoms with Crippen LogP contribution in [0.25, 0.3) is 44.6 Å². The Kier molecular flexibility index (Phi) is 26.0. The number of fused-ring (bicyclic) bond motifs is 12. The largest absolute Gasteiger partial charge is 0.480 e. The van der Waals surface area contributed by atoms with Gasteiger partial charge in [-0.25, -0.2) is 20.0 Å². The Bertz CT molecular complexity index is 6430. The van der Waals surface area contributed by atoms with E-state index < -0.39 is 32.7 Å². The van der Waals surface area contributed by atoms with Crippen molar-refractivity contribution in [2.45, 2.75) is 20.7 Å². The number of nitrogens with zero attached hydrogens (tertiary/aromatic N) is 4. The van der Waals surface area contributed by atoms with Crippen molar-refractivity contribution < 1.29 is 36.6 Å². The number of aromatic amines is 2. The van der Waals surface area contributed by atoms with Gasteiger partial charge in [-0.1, -0.05) is 306 Å². The van der Waals surface area contributed by atoms with E-state index in [0.29, 0.717) is 115 Å². The molecule has 0 saturated carbocycles. The van der Waals surface area contributed by atoms with Gasteiger partial charge in [-0.15, -0.1) is 0 Å². The number of H-pyrrole nitrogens is 2. The first kappa shape index (κ1) is 87.1. The summed E-state index contributed by atoms with van der Waals surface area (Å²) in [5.41, 5.74) is 18.7. The molecule has 8 aromatic carbocycles. The Balaban J connectivity index is 0.000000176. The van der Waals surface area contributed by atoms with E-state index in [4.69, 9.17) is 20.0 Å². The zero-order chi connectivity index (χ0) is 82.7. The fraction of sp³-hybridized carbons (Fsp3) is 0.0444. The van der Waals surface area contributed by atoms with Gasteiger partial charge in [0.1, 0.15) is 0 Å². The minimum atomic E-state index is -1.71. The van der Waals surface area contributed by atoms with Crippen LogP contribution in [0.15, 0.2) is 360 Å². The first-order valence-corrected chi connectivity index (χ1v) is 48.4. The molecular weight excluding hydrogens is 2590 g/mol. The van der Waals surface area contributed by atoms with Crippen LogP contribution in [0, 0.1) is 0 Å². The Morgan fingerprint density at radius 3 is 0.689 bits per heavy atom. The van der Waals surface area contributed by atoms with Crippen LogP contribution in [0.2, 0.25) is 0 Å². The molecule has 119 heavy (non-hydrogen) atoms. The molecule has 4 unspecified atom stereocenters. The second-order valence-electron chi connectivity index (χ2n) is 27.3. The molecule has 0 spiro atoms. The molecule has 6 N–H and O–H groups in total.